The predicted octanol–water partition coefficient (Wildman–Crippen LogP) is 0.0932. The zero-order valence-corrected chi connectivity index (χ0v) is 9.12. The SMILES string of the molecule is CC(C)(N)CC(=O)NC(C(=O)O)C1CC1. The first kappa shape index (κ1) is 12.0. The van der Waals surface area contributed by atoms with Gasteiger partial charge in [-0.1, -0.05) is 0 Å². The lowest BCUT2D eigenvalue weighted by Gasteiger charge is -2.20. The van der Waals surface area contributed by atoms with Crippen LogP contribution in [0.15, 0.2) is 0 Å². The maximum absolute atomic E-state index is 11.5. The Bertz CT molecular complexity index is 266. The lowest BCUT2D eigenvalue weighted by atomic mass is 10.0. The Morgan fingerprint density at radius 2 is 2.07 bits per heavy atom. The second-order valence-corrected chi connectivity index (χ2v) is 4.89. The van der Waals surface area contributed by atoms with Gasteiger partial charge in [-0.15, -0.1) is 0 Å². The van der Waals surface area contributed by atoms with Gasteiger partial charge < -0.3 is 16.2 Å². The summed E-state index contributed by atoms with van der Waals surface area (Å²) in [6, 6.07) is -0.736. The van der Waals surface area contributed by atoms with Crippen molar-refractivity contribution < 1.29 is 14.7 Å². The first-order valence-corrected chi connectivity index (χ1v) is 5.10. The Hall–Kier alpha value is -1.10. The number of aliphatic carboxylic acids is 1. The molecule has 0 aromatic rings. The highest BCUT2D eigenvalue weighted by molar-refractivity contribution is 5.84. The minimum Gasteiger partial charge on any atom is -0.480 e. The average Bonchev–Trinajstić information content (AvgIpc) is 2.78. The van der Waals surface area contributed by atoms with E-state index in [1.165, 1.54) is 0 Å². The van der Waals surface area contributed by atoms with Crippen LogP contribution in [0, 0.1) is 5.92 Å². The van der Waals surface area contributed by atoms with Gasteiger partial charge in [0, 0.05) is 12.0 Å². The van der Waals surface area contributed by atoms with E-state index >= 15 is 0 Å². The summed E-state index contributed by atoms with van der Waals surface area (Å²) < 4.78 is 0. The second-order valence-electron chi connectivity index (χ2n) is 4.89. The molecule has 0 bridgehead atoms. The quantitative estimate of drug-likeness (QED) is 0.605. The van der Waals surface area contributed by atoms with Crippen molar-refractivity contribution >= 4 is 11.9 Å². The molecule has 0 saturated heterocycles. The number of hydrogen-bond acceptors (Lipinski definition) is 3. The van der Waals surface area contributed by atoms with Crippen molar-refractivity contribution in [2.24, 2.45) is 11.7 Å². The van der Waals surface area contributed by atoms with Crippen LogP contribution in [0.2, 0.25) is 0 Å². The third-order valence-corrected chi connectivity index (χ3v) is 2.29. The molecule has 5 nitrogen and oxygen atoms in total. The number of nitrogens with two attached hydrogens (primary N) is 1. The van der Waals surface area contributed by atoms with E-state index in [1.807, 2.05) is 0 Å². The van der Waals surface area contributed by atoms with Crippen LogP contribution in [0.3, 0.4) is 0 Å². The van der Waals surface area contributed by atoms with Gasteiger partial charge in [-0.3, -0.25) is 4.79 Å². The monoisotopic (exact) mass is 214 g/mol. The zero-order chi connectivity index (χ0) is 11.6. The van der Waals surface area contributed by atoms with Crippen LogP contribution in [0.4, 0.5) is 0 Å². The summed E-state index contributed by atoms with van der Waals surface area (Å²) >= 11 is 0. The molecule has 0 aliphatic heterocycles. The van der Waals surface area contributed by atoms with Crippen molar-refractivity contribution in [2.75, 3.05) is 0 Å². The van der Waals surface area contributed by atoms with Crippen molar-refractivity contribution in [3.05, 3.63) is 0 Å². The van der Waals surface area contributed by atoms with Crippen LogP contribution in [0.1, 0.15) is 33.1 Å². The Morgan fingerprint density at radius 1 is 1.53 bits per heavy atom. The number of hydrogen-bond donors (Lipinski definition) is 3. The van der Waals surface area contributed by atoms with Crippen LogP contribution in [0.25, 0.3) is 0 Å². The summed E-state index contributed by atoms with van der Waals surface area (Å²) in [4.78, 5) is 22.3. The molecule has 1 aliphatic carbocycles. The smallest absolute Gasteiger partial charge is 0.326 e. The molecule has 1 fully saturated rings. The molecule has 5 heteroatoms. The molecule has 86 valence electrons. The summed E-state index contributed by atoms with van der Waals surface area (Å²) in [5.41, 5.74) is 5.07. The standard InChI is InChI=1S/C10H18N2O3/c1-10(2,11)5-7(13)12-8(9(14)15)6-3-4-6/h6,8H,3-5,11H2,1-2H3,(H,12,13)(H,14,15). The van der Waals surface area contributed by atoms with E-state index in [1.54, 1.807) is 13.8 Å². The van der Waals surface area contributed by atoms with E-state index in [4.69, 9.17) is 10.8 Å². The summed E-state index contributed by atoms with van der Waals surface area (Å²) in [5.74, 6) is -1.14. The zero-order valence-electron chi connectivity index (χ0n) is 9.12. The Balaban J connectivity index is 2.44. The molecule has 1 rings (SSSR count). The number of amides is 1. The number of nitrogens with one attached hydrogen (secondary N) is 1. The van der Waals surface area contributed by atoms with Crippen molar-refractivity contribution in [1.82, 2.24) is 5.32 Å². The summed E-state index contributed by atoms with van der Waals surface area (Å²) in [7, 11) is 0. The van der Waals surface area contributed by atoms with Crippen molar-refractivity contribution in [3.63, 3.8) is 0 Å². The van der Waals surface area contributed by atoms with E-state index in [-0.39, 0.29) is 18.2 Å². The second kappa shape index (κ2) is 4.18. The number of carbonyl (C=O) groups is 2. The average molecular weight is 214 g/mol. The third-order valence-electron chi connectivity index (χ3n) is 2.29. The van der Waals surface area contributed by atoms with Gasteiger partial charge in [0.15, 0.2) is 0 Å². The molecular weight excluding hydrogens is 196 g/mol. The van der Waals surface area contributed by atoms with Crippen LogP contribution < -0.4 is 11.1 Å². The fourth-order valence-corrected chi connectivity index (χ4v) is 1.45. The molecule has 0 aromatic heterocycles. The minimum absolute atomic E-state index is 0.104. The minimum atomic E-state index is -0.958. The first-order valence-electron chi connectivity index (χ1n) is 5.10. The van der Waals surface area contributed by atoms with E-state index in [9.17, 15) is 9.59 Å². The Labute approximate surface area is 89.0 Å². The highest BCUT2D eigenvalue weighted by Crippen LogP contribution is 2.32. The molecule has 0 radical (unpaired) electrons. The van der Waals surface area contributed by atoms with Crippen LogP contribution in [-0.2, 0) is 9.59 Å². The normalized spacial score (nSPS) is 18.3. The fraction of sp³-hybridized carbons (Fsp3) is 0.800. The maximum atomic E-state index is 11.5. The summed E-state index contributed by atoms with van der Waals surface area (Å²) in [5, 5.41) is 11.4. The Morgan fingerprint density at radius 3 is 2.40 bits per heavy atom. The summed E-state index contributed by atoms with van der Waals surface area (Å²) in [6.07, 6.45) is 1.90. The fourth-order valence-electron chi connectivity index (χ4n) is 1.45. The van der Waals surface area contributed by atoms with Gasteiger partial charge >= 0.3 is 5.97 Å². The third kappa shape index (κ3) is 4.29. The first-order chi connectivity index (χ1) is 6.79. The van der Waals surface area contributed by atoms with E-state index in [2.05, 4.69) is 5.32 Å². The highest BCUT2D eigenvalue weighted by Gasteiger charge is 2.37. The van der Waals surface area contributed by atoms with Gasteiger partial charge in [0.25, 0.3) is 0 Å². The molecule has 1 saturated carbocycles. The number of carboxylic acids is 1. The highest BCUT2D eigenvalue weighted by atomic mass is 16.4. The van der Waals surface area contributed by atoms with Crippen molar-refractivity contribution in [1.29, 1.82) is 0 Å². The van der Waals surface area contributed by atoms with E-state index in [0.717, 1.165) is 12.8 Å². The lowest BCUT2D eigenvalue weighted by molar-refractivity contribution is -0.142. The number of rotatable bonds is 5. The van der Waals surface area contributed by atoms with E-state index in [0.29, 0.717) is 0 Å². The Kier molecular flexibility index (Phi) is 3.34. The largest absolute Gasteiger partial charge is 0.480 e. The molecule has 15 heavy (non-hydrogen) atoms. The van der Waals surface area contributed by atoms with E-state index < -0.39 is 17.6 Å². The van der Waals surface area contributed by atoms with Gasteiger partial charge in [0.05, 0.1) is 0 Å². The van der Waals surface area contributed by atoms with Crippen LogP contribution >= 0.6 is 0 Å². The van der Waals surface area contributed by atoms with Gasteiger partial charge in [-0.05, 0) is 32.6 Å². The molecule has 1 unspecified atom stereocenters. The number of carboxylic acid groups (broad SMARTS) is 1. The van der Waals surface area contributed by atoms with Crippen molar-refractivity contribution in [2.45, 2.75) is 44.7 Å². The van der Waals surface area contributed by atoms with Crippen LogP contribution in [-0.4, -0.2) is 28.6 Å². The van der Waals surface area contributed by atoms with Gasteiger partial charge in [-0.25, -0.2) is 4.79 Å². The van der Waals surface area contributed by atoms with Crippen LogP contribution in [0.5, 0.6) is 0 Å². The molecule has 0 aromatic carbocycles. The molecule has 0 spiro atoms. The maximum Gasteiger partial charge on any atom is 0.326 e. The van der Waals surface area contributed by atoms with Gasteiger partial charge in [-0.2, -0.15) is 0 Å². The lowest BCUT2D eigenvalue weighted by Crippen LogP contribution is -2.46. The van der Waals surface area contributed by atoms with Gasteiger partial charge in [0.2, 0.25) is 5.91 Å². The topological polar surface area (TPSA) is 92.4 Å². The molecule has 1 aliphatic rings. The molecule has 0 heterocycles. The predicted molar refractivity (Wildman–Crippen MR) is 55.2 cm³/mol. The van der Waals surface area contributed by atoms with Crippen molar-refractivity contribution in [3.8, 4) is 0 Å². The number of carbonyl (C=O) groups excluding carboxylic acids is 1. The molecule has 1 amide bonds. The molecule has 4 N–H and O–H groups in total. The molecule has 1 atom stereocenters. The molecular formula is C10H18N2O3. The van der Waals surface area contributed by atoms with Gasteiger partial charge in [0.1, 0.15) is 6.04 Å². The summed E-state index contributed by atoms with van der Waals surface area (Å²) in [6.45, 7) is 3.47.